The predicted molar refractivity (Wildman–Crippen MR) is 35.4 cm³/mol. The van der Waals surface area contributed by atoms with Crippen molar-refractivity contribution in [1.82, 2.24) is 0 Å². The van der Waals surface area contributed by atoms with Crippen LogP contribution in [0.15, 0.2) is 0 Å². The van der Waals surface area contributed by atoms with E-state index in [0.717, 1.165) is 0 Å². The molecule has 0 unspecified atom stereocenters. The van der Waals surface area contributed by atoms with Gasteiger partial charge in [-0.25, -0.2) is 0 Å². The summed E-state index contributed by atoms with van der Waals surface area (Å²) in [4.78, 5) is -0.164. The van der Waals surface area contributed by atoms with E-state index in [2.05, 4.69) is 15.9 Å². The quantitative estimate of drug-likeness (QED) is 0.447. The van der Waals surface area contributed by atoms with E-state index in [1.807, 2.05) is 0 Å². The maximum atomic E-state index is 8.98. The zero-order valence-corrected chi connectivity index (χ0v) is 6.32. The van der Waals surface area contributed by atoms with E-state index < -0.39 is 18.3 Å². The molecule has 0 aromatic carbocycles. The Labute approximate surface area is 61.4 Å². The largest absolute Gasteiger partial charge is 0.390 e. The average Bonchev–Trinajstić information content (AvgIpc) is 1.98. The number of aliphatic hydroxyl groups is 3. The van der Waals surface area contributed by atoms with Crippen molar-refractivity contribution in [2.24, 2.45) is 0 Å². The number of hydrogen-bond donors (Lipinski definition) is 3. The third-order valence-corrected chi connectivity index (χ3v) is 2.50. The third-order valence-electron chi connectivity index (χ3n) is 1.58. The fourth-order valence-corrected chi connectivity index (χ4v) is 1.65. The first-order chi connectivity index (χ1) is 4.13. The highest BCUT2D eigenvalue weighted by Gasteiger charge is 2.38. The summed E-state index contributed by atoms with van der Waals surface area (Å²) in [5.41, 5.74) is 0. The van der Waals surface area contributed by atoms with Crippen molar-refractivity contribution in [2.75, 3.05) is 0 Å². The Morgan fingerprint density at radius 3 is 1.78 bits per heavy atom. The van der Waals surface area contributed by atoms with E-state index in [0.29, 0.717) is 6.42 Å². The first-order valence-electron chi connectivity index (χ1n) is 2.81. The molecule has 0 radical (unpaired) electrons. The second-order valence-corrected chi connectivity index (χ2v) is 3.48. The van der Waals surface area contributed by atoms with Crippen molar-refractivity contribution < 1.29 is 15.3 Å². The summed E-state index contributed by atoms with van der Waals surface area (Å²) < 4.78 is 0. The van der Waals surface area contributed by atoms with Crippen LogP contribution in [0.4, 0.5) is 0 Å². The average molecular weight is 197 g/mol. The third kappa shape index (κ3) is 1.26. The lowest BCUT2D eigenvalue weighted by atomic mass is 10.2. The lowest BCUT2D eigenvalue weighted by Crippen LogP contribution is -2.30. The molecule has 0 spiro atoms. The van der Waals surface area contributed by atoms with Gasteiger partial charge in [0.1, 0.15) is 6.10 Å². The second kappa shape index (κ2) is 2.54. The van der Waals surface area contributed by atoms with Crippen LogP contribution in [0.1, 0.15) is 6.42 Å². The Hall–Kier alpha value is 0.360. The van der Waals surface area contributed by atoms with E-state index in [4.69, 9.17) is 15.3 Å². The Balaban J connectivity index is 2.54. The molecule has 1 aliphatic rings. The van der Waals surface area contributed by atoms with Crippen LogP contribution < -0.4 is 0 Å². The van der Waals surface area contributed by atoms with Gasteiger partial charge in [-0.3, -0.25) is 0 Å². The normalized spacial score (nSPS) is 52.0. The monoisotopic (exact) mass is 196 g/mol. The van der Waals surface area contributed by atoms with Gasteiger partial charge in [0.15, 0.2) is 0 Å². The highest BCUT2D eigenvalue weighted by atomic mass is 79.9. The second-order valence-electron chi connectivity index (χ2n) is 2.30. The zero-order valence-electron chi connectivity index (χ0n) is 4.74. The molecule has 3 N–H and O–H groups in total. The Morgan fingerprint density at radius 2 is 1.67 bits per heavy atom. The number of hydrogen-bond acceptors (Lipinski definition) is 3. The summed E-state index contributed by atoms with van der Waals surface area (Å²) in [5, 5.41) is 26.8. The van der Waals surface area contributed by atoms with Crippen molar-refractivity contribution in [3.05, 3.63) is 0 Å². The van der Waals surface area contributed by atoms with Gasteiger partial charge in [-0.1, -0.05) is 15.9 Å². The molecule has 4 heteroatoms. The summed E-state index contributed by atoms with van der Waals surface area (Å²) in [7, 11) is 0. The number of rotatable bonds is 0. The van der Waals surface area contributed by atoms with Gasteiger partial charge in [-0.15, -0.1) is 0 Å². The van der Waals surface area contributed by atoms with E-state index in [1.54, 1.807) is 0 Å². The van der Waals surface area contributed by atoms with Crippen molar-refractivity contribution in [3.63, 3.8) is 0 Å². The van der Waals surface area contributed by atoms with Crippen molar-refractivity contribution in [2.45, 2.75) is 29.6 Å². The molecule has 4 atom stereocenters. The molecule has 0 saturated heterocycles. The first kappa shape index (κ1) is 7.47. The summed E-state index contributed by atoms with van der Waals surface area (Å²) >= 11 is 3.11. The van der Waals surface area contributed by atoms with Crippen LogP contribution in [-0.4, -0.2) is 38.5 Å². The Kier molecular flexibility index (Phi) is 2.10. The lowest BCUT2D eigenvalue weighted by Gasteiger charge is -2.10. The standard InChI is InChI=1S/C5H9BrO3/c6-2-1-3(7)5(9)4(2)8/h2-5,7-9H,1H2/t2-,3-,4+,5-/m1/s1. The summed E-state index contributed by atoms with van der Waals surface area (Å²) in [6, 6.07) is 0. The van der Waals surface area contributed by atoms with E-state index >= 15 is 0 Å². The fourth-order valence-electron chi connectivity index (χ4n) is 0.951. The highest BCUT2D eigenvalue weighted by molar-refractivity contribution is 9.09. The molecule has 0 heterocycles. The smallest absolute Gasteiger partial charge is 0.107 e. The van der Waals surface area contributed by atoms with Gasteiger partial charge in [0.2, 0.25) is 0 Å². The lowest BCUT2D eigenvalue weighted by molar-refractivity contribution is -0.0173. The van der Waals surface area contributed by atoms with E-state index in [-0.39, 0.29) is 4.83 Å². The summed E-state index contributed by atoms with van der Waals surface area (Å²) in [5.74, 6) is 0. The van der Waals surface area contributed by atoms with Crippen LogP contribution in [-0.2, 0) is 0 Å². The maximum Gasteiger partial charge on any atom is 0.107 e. The molecule has 1 aliphatic carbocycles. The molecule has 1 rings (SSSR count). The van der Waals surface area contributed by atoms with Crippen LogP contribution in [0.25, 0.3) is 0 Å². The molecule has 54 valence electrons. The molecule has 0 aromatic rings. The maximum absolute atomic E-state index is 8.98. The molecule has 0 bridgehead atoms. The topological polar surface area (TPSA) is 60.7 Å². The molecule has 3 nitrogen and oxygen atoms in total. The SMILES string of the molecule is O[C@@H]1[C@H](O)[C@H](O)C[C@H]1Br. The first-order valence-corrected chi connectivity index (χ1v) is 3.72. The van der Waals surface area contributed by atoms with Gasteiger partial charge in [0, 0.05) is 4.83 Å². The van der Waals surface area contributed by atoms with Crippen molar-refractivity contribution in [1.29, 1.82) is 0 Å². The molecule has 0 aliphatic heterocycles. The van der Waals surface area contributed by atoms with Crippen LogP contribution in [0.3, 0.4) is 0 Å². The zero-order chi connectivity index (χ0) is 7.02. The minimum Gasteiger partial charge on any atom is -0.390 e. The Bertz CT molecular complexity index is 96.4. The molecular weight excluding hydrogens is 188 g/mol. The molecule has 0 amide bonds. The minimum absolute atomic E-state index is 0.164. The fraction of sp³-hybridized carbons (Fsp3) is 1.00. The molecule has 1 fully saturated rings. The molecule has 9 heavy (non-hydrogen) atoms. The van der Waals surface area contributed by atoms with Crippen LogP contribution in [0, 0.1) is 0 Å². The van der Waals surface area contributed by atoms with Gasteiger partial charge in [-0.2, -0.15) is 0 Å². The van der Waals surface area contributed by atoms with Crippen molar-refractivity contribution >= 4 is 15.9 Å². The van der Waals surface area contributed by atoms with E-state index in [9.17, 15) is 0 Å². The number of halogens is 1. The van der Waals surface area contributed by atoms with Gasteiger partial charge in [0.05, 0.1) is 12.2 Å². The molecule has 1 saturated carbocycles. The summed E-state index contributed by atoms with van der Waals surface area (Å²) in [6.07, 6.45) is -2.15. The van der Waals surface area contributed by atoms with E-state index in [1.165, 1.54) is 0 Å². The van der Waals surface area contributed by atoms with Crippen LogP contribution in [0.5, 0.6) is 0 Å². The number of alkyl halides is 1. The predicted octanol–water partition coefficient (Wildman–Crippen LogP) is -0.764. The van der Waals surface area contributed by atoms with Gasteiger partial charge >= 0.3 is 0 Å². The number of aliphatic hydroxyl groups excluding tert-OH is 3. The van der Waals surface area contributed by atoms with Crippen molar-refractivity contribution in [3.8, 4) is 0 Å². The molecular formula is C5H9BrO3. The Morgan fingerprint density at radius 1 is 1.11 bits per heavy atom. The van der Waals surface area contributed by atoms with Gasteiger partial charge in [-0.05, 0) is 6.42 Å². The van der Waals surface area contributed by atoms with Crippen LogP contribution in [0.2, 0.25) is 0 Å². The summed E-state index contributed by atoms with van der Waals surface area (Å²) in [6.45, 7) is 0. The molecule has 0 aromatic heterocycles. The highest BCUT2D eigenvalue weighted by Crippen LogP contribution is 2.26. The van der Waals surface area contributed by atoms with Gasteiger partial charge < -0.3 is 15.3 Å². The van der Waals surface area contributed by atoms with Crippen LogP contribution >= 0.6 is 15.9 Å². The van der Waals surface area contributed by atoms with Gasteiger partial charge in [0.25, 0.3) is 0 Å². The minimum atomic E-state index is -0.977.